The van der Waals surface area contributed by atoms with Crippen LogP contribution in [0.25, 0.3) is 0 Å². The normalized spacial score (nSPS) is 10.5. The molecular weight excluding hydrogens is 382 g/mol. The minimum Gasteiger partial charge on any atom is -0.497 e. The summed E-state index contributed by atoms with van der Waals surface area (Å²) in [7, 11) is 4.92. The lowest BCUT2D eigenvalue weighted by atomic mass is 10.1. The van der Waals surface area contributed by atoms with Crippen LogP contribution in [0.2, 0.25) is 5.02 Å². The molecule has 0 aliphatic carbocycles. The van der Waals surface area contributed by atoms with Crippen LogP contribution in [0.5, 0.6) is 17.2 Å². The van der Waals surface area contributed by atoms with Crippen molar-refractivity contribution in [2.24, 2.45) is 0 Å². The molecule has 23 heavy (non-hydrogen) atoms. The summed E-state index contributed by atoms with van der Waals surface area (Å²) in [6, 6.07) is 9.53. The number of benzene rings is 2. The Morgan fingerprint density at radius 2 is 1.57 bits per heavy atom. The van der Waals surface area contributed by atoms with E-state index in [-0.39, 0.29) is 0 Å². The Kier molecular flexibility index (Phi) is 6.57. The highest BCUT2D eigenvalue weighted by molar-refractivity contribution is 9.10. The van der Waals surface area contributed by atoms with Gasteiger partial charge in [0, 0.05) is 40.8 Å². The van der Waals surface area contributed by atoms with Gasteiger partial charge >= 0.3 is 0 Å². The quantitative estimate of drug-likeness (QED) is 0.747. The van der Waals surface area contributed by atoms with Gasteiger partial charge in [0.25, 0.3) is 0 Å². The second-order valence-corrected chi connectivity index (χ2v) is 6.12. The molecular formula is C17H19BrClNO3. The second-order valence-electron chi connectivity index (χ2n) is 4.86. The van der Waals surface area contributed by atoms with E-state index in [4.69, 9.17) is 25.8 Å². The number of halogens is 2. The summed E-state index contributed by atoms with van der Waals surface area (Å²) in [6.07, 6.45) is 0. The molecule has 0 radical (unpaired) electrons. The molecule has 0 atom stereocenters. The Balaban J connectivity index is 2.07. The maximum atomic E-state index is 6.09. The molecule has 2 rings (SSSR count). The molecule has 0 spiro atoms. The summed E-state index contributed by atoms with van der Waals surface area (Å²) in [5.41, 5.74) is 2.08. The van der Waals surface area contributed by atoms with Crippen molar-refractivity contribution in [3.8, 4) is 17.2 Å². The van der Waals surface area contributed by atoms with E-state index in [1.54, 1.807) is 27.4 Å². The number of rotatable bonds is 7. The lowest BCUT2D eigenvalue weighted by Gasteiger charge is -2.13. The summed E-state index contributed by atoms with van der Waals surface area (Å²) < 4.78 is 16.8. The highest BCUT2D eigenvalue weighted by Gasteiger charge is 2.09. The SMILES string of the molecule is COc1ccc(CNCc2cc(Br)c(Cl)cc2OC)c(OC)c1. The van der Waals surface area contributed by atoms with Gasteiger partial charge < -0.3 is 19.5 Å². The van der Waals surface area contributed by atoms with Gasteiger partial charge in [-0.1, -0.05) is 17.7 Å². The summed E-state index contributed by atoms with van der Waals surface area (Å²) in [4.78, 5) is 0. The van der Waals surface area contributed by atoms with Crippen LogP contribution in [-0.4, -0.2) is 21.3 Å². The van der Waals surface area contributed by atoms with E-state index in [0.717, 1.165) is 32.8 Å². The Labute approximate surface area is 149 Å². The minimum atomic E-state index is 0.627. The fourth-order valence-corrected chi connectivity index (χ4v) is 2.77. The monoisotopic (exact) mass is 399 g/mol. The van der Waals surface area contributed by atoms with Crippen LogP contribution in [0.1, 0.15) is 11.1 Å². The third-order valence-electron chi connectivity index (χ3n) is 3.45. The molecule has 0 unspecified atom stereocenters. The molecule has 6 heteroatoms. The maximum Gasteiger partial charge on any atom is 0.127 e. The van der Waals surface area contributed by atoms with Gasteiger partial charge in [-0.2, -0.15) is 0 Å². The van der Waals surface area contributed by atoms with Crippen molar-refractivity contribution in [2.45, 2.75) is 13.1 Å². The molecule has 4 nitrogen and oxygen atoms in total. The molecule has 0 aromatic heterocycles. The van der Waals surface area contributed by atoms with Crippen LogP contribution in [0.15, 0.2) is 34.8 Å². The number of hydrogen-bond donors (Lipinski definition) is 1. The van der Waals surface area contributed by atoms with Gasteiger partial charge in [-0.25, -0.2) is 0 Å². The zero-order valence-electron chi connectivity index (χ0n) is 13.3. The zero-order chi connectivity index (χ0) is 16.8. The molecule has 124 valence electrons. The largest absolute Gasteiger partial charge is 0.497 e. The smallest absolute Gasteiger partial charge is 0.127 e. The Morgan fingerprint density at radius 3 is 2.22 bits per heavy atom. The average Bonchev–Trinajstić information content (AvgIpc) is 2.57. The first-order chi connectivity index (χ1) is 11.1. The van der Waals surface area contributed by atoms with Gasteiger partial charge in [0.05, 0.1) is 26.4 Å². The van der Waals surface area contributed by atoms with Crippen LogP contribution < -0.4 is 19.5 Å². The van der Waals surface area contributed by atoms with Gasteiger partial charge in [0.2, 0.25) is 0 Å². The van der Waals surface area contributed by atoms with Gasteiger partial charge in [-0.15, -0.1) is 0 Å². The number of hydrogen-bond acceptors (Lipinski definition) is 4. The predicted octanol–water partition coefficient (Wildman–Crippen LogP) is 4.42. The Hall–Kier alpha value is -1.43. The summed E-state index contributed by atoms with van der Waals surface area (Å²) in [5.74, 6) is 2.32. The Morgan fingerprint density at radius 1 is 0.913 bits per heavy atom. The van der Waals surface area contributed by atoms with Gasteiger partial charge in [0.1, 0.15) is 17.2 Å². The second kappa shape index (κ2) is 8.43. The number of nitrogens with one attached hydrogen (secondary N) is 1. The maximum absolute atomic E-state index is 6.09. The highest BCUT2D eigenvalue weighted by Crippen LogP contribution is 2.31. The van der Waals surface area contributed by atoms with E-state index in [1.165, 1.54) is 0 Å². The Bertz CT molecular complexity index is 679. The van der Waals surface area contributed by atoms with Gasteiger partial charge in [0.15, 0.2) is 0 Å². The molecule has 0 aliphatic rings. The number of methoxy groups -OCH3 is 3. The third kappa shape index (κ3) is 4.53. The third-order valence-corrected chi connectivity index (χ3v) is 4.65. The molecule has 2 aromatic carbocycles. The number of ether oxygens (including phenoxy) is 3. The van der Waals surface area contributed by atoms with E-state index in [1.807, 2.05) is 24.3 Å². The first kappa shape index (κ1) is 17.9. The van der Waals surface area contributed by atoms with Crippen molar-refractivity contribution >= 4 is 27.5 Å². The molecule has 0 bridgehead atoms. The van der Waals surface area contributed by atoms with Crippen molar-refractivity contribution in [3.63, 3.8) is 0 Å². The van der Waals surface area contributed by atoms with Crippen LogP contribution in [0.3, 0.4) is 0 Å². The fourth-order valence-electron chi connectivity index (χ4n) is 2.23. The van der Waals surface area contributed by atoms with Crippen LogP contribution in [0.4, 0.5) is 0 Å². The van der Waals surface area contributed by atoms with Crippen LogP contribution >= 0.6 is 27.5 Å². The van der Waals surface area contributed by atoms with Crippen molar-refractivity contribution in [2.75, 3.05) is 21.3 Å². The van der Waals surface area contributed by atoms with Crippen LogP contribution in [0, 0.1) is 0 Å². The first-order valence-electron chi connectivity index (χ1n) is 7.02. The molecule has 0 saturated heterocycles. The van der Waals surface area contributed by atoms with E-state index < -0.39 is 0 Å². The van der Waals surface area contributed by atoms with E-state index >= 15 is 0 Å². The van der Waals surface area contributed by atoms with Crippen molar-refractivity contribution < 1.29 is 14.2 Å². The van der Waals surface area contributed by atoms with Crippen molar-refractivity contribution in [1.29, 1.82) is 0 Å². The minimum absolute atomic E-state index is 0.627. The molecule has 0 fully saturated rings. The summed E-state index contributed by atoms with van der Waals surface area (Å²) in [6.45, 7) is 1.31. The van der Waals surface area contributed by atoms with Gasteiger partial charge in [-0.05, 0) is 28.1 Å². The lowest BCUT2D eigenvalue weighted by molar-refractivity contribution is 0.389. The fraction of sp³-hybridized carbons (Fsp3) is 0.294. The lowest BCUT2D eigenvalue weighted by Crippen LogP contribution is -2.14. The van der Waals surface area contributed by atoms with Gasteiger partial charge in [-0.3, -0.25) is 0 Å². The highest BCUT2D eigenvalue weighted by atomic mass is 79.9. The van der Waals surface area contributed by atoms with Crippen molar-refractivity contribution in [1.82, 2.24) is 5.32 Å². The molecule has 0 saturated carbocycles. The van der Waals surface area contributed by atoms with E-state index in [2.05, 4.69) is 21.2 Å². The standard InChI is InChI=1S/C17H19BrClNO3/c1-21-13-5-4-11(16(7-13)22-2)9-20-10-12-6-14(18)15(19)8-17(12)23-3/h4-8,20H,9-10H2,1-3H3. The topological polar surface area (TPSA) is 39.7 Å². The first-order valence-corrected chi connectivity index (χ1v) is 8.19. The van der Waals surface area contributed by atoms with Crippen molar-refractivity contribution in [3.05, 3.63) is 51.0 Å². The summed E-state index contributed by atoms with van der Waals surface area (Å²) in [5, 5.41) is 4.01. The molecule has 0 amide bonds. The predicted molar refractivity (Wildman–Crippen MR) is 95.8 cm³/mol. The molecule has 0 aliphatic heterocycles. The zero-order valence-corrected chi connectivity index (χ0v) is 15.6. The van der Waals surface area contributed by atoms with E-state index in [0.29, 0.717) is 18.1 Å². The van der Waals surface area contributed by atoms with Crippen LogP contribution in [-0.2, 0) is 13.1 Å². The van der Waals surface area contributed by atoms with E-state index in [9.17, 15) is 0 Å². The average molecular weight is 401 g/mol. The molecule has 1 N–H and O–H groups in total. The molecule has 0 heterocycles. The summed E-state index contributed by atoms with van der Waals surface area (Å²) >= 11 is 9.52. The molecule has 2 aromatic rings.